The molecule has 0 saturated heterocycles. The Morgan fingerprint density at radius 2 is 1.60 bits per heavy atom. The predicted octanol–water partition coefficient (Wildman–Crippen LogP) is 6.25. The van der Waals surface area contributed by atoms with E-state index in [0.717, 1.165) is 32.9 Å². The summed E-state index contributed by atoms with van der Waals surface area (Å²) in [7, 11) is 0. The quantitative estimate of drug-likeness (QED) is 0.373. The SMILES string of the molecule is CCc1ccc(CC(=O)N(Cc2ccccc2)c2nc3c(C)c(C)ccc3s2)cc1. The Morgan fingerprint density at radius 1 is 0.900 bits per heavy atom. The summed E-state index contributed by atoms with van der Waals surface area (Å²) in [4.78, 5) is 20.1. The van der Waals surface area contributed by atoms with Gasteiger partial charge in [-0.15, -0.1) is 0 Å². The smallest absolute Gasteiger partial charge is 0.233 e. The number of thiazole rings is 1. The first-order chi connectivity index (χ1) is 14.5. The minimum Gasteiger partial charge on any atom is -0.283 e. The monoisotopic (exact) mass is 414 g/mol. The lowest BCUT2D eigenvalue weighted by Crippen LogP contribution is -2.31. The van der Waals surface area contributed by atoms with Gasteiger partial charge in [-0.2, -0.15) is 0 Å². The molecule has 0 radical (unpaired) electrons. The van der Waals surface area contributed by atoms with Gasteiger partial charge in [-0.05, 0) is 54.2 Å². The molecule has 4 heteroatoms. The Hall–Kier alpha value is -2.98. The number of carbonyl (C=O) groups excluding carboxylic acids is 1. The van der Waals surface area contributed by atoms with Gasteiger partial charge in [0.25, 0.3) is 0 Å². The average Bonchev–Trinajstić information content (AvgIpc) is 3.20. The van der Waals surface area contributed by atoms with E-state index in [9.17, 15) is 4.79 Å². The highest BCUT2D eigenvalue weighted by atomic mass is 32.1. The Balaban J connectivity index is 1.68. The Bertz CT molecular complexity index is 1160. The van der Waals surface area contributed by atoms with Gasteiger partial charge in [0.1, 0.15) is 0 Å². The maximum Gasteiger partial charge on any atom is 0.233 e. The number of hydrogen-bond acceptors (Lipinski definition) is 3. The first-order valence-electron chi connectivity index (χ1n) is 10.3. The van der Waals surface area contributed by atoms with Crippen molar-refractivity contribution < 1.29 is 4.79 Å². The molecule has 4 aromatic rings. The lowest BCUT2D eigenvalue weighted by atomic mass is 10.1. The summed E-state index contributed by atoms with van der Waals surface area (Å²) < 4.78 is 1.12. The Morgan fingerprint density at radius 3 is 2.30 bits per heavy atom. The van der Waals surface area contributed by atoms with Crippen LogP contribution in [0.1, 0.15) is 34.7 Å². The first kappa shape index (κ1) is 20.3. The molecule has 1 heterocycles. The van der Waals surface area contributed by atoms with Crippen molar-refractivity contribution >= 4 is 32.6 Å². The van der Waals surface area contributed by atoms with Gasteiger partial charge in [-0.25, -0.2) is 4.98 Å². The van der Waals surface area contributed by atoms with Gasteiger partial charge < -0.3 is 0 Å². The predicted molar refractivity (Wildman–Crippen MR) is 126 cm³/mol. The molecule has 4 rings (SSSR count). The van der Waals surface area contributed by atoms with Gasteiger partial charge >= 0.3 is 0 Å². The van der Waals surface area contributed by atoms with Crippen LogP contribution in [0.25, 0.3) is 10.2 Å². The molecule has 0 aliphatic rings. The number of hydrogen-bond donors (Lipinski definition) is 0. The number of fused-ring (bicyclic) bond motifs is 1. The highest BCUT2D eigenvalue weighted by molar-refractivity contribution is 7.22. The van der Waals surface area contributed by atoms with Crippen LogP contribution in [0.3, 0.4) is 0 Å². The number of aryl methyl sites for hydroxylation is 3. The Labute approximate surface area is 182 Å². The van der Waals surface area contributed by atoms with Crippen LogP contribution in [0.5, 0.6) is 0 Å². The van der Waals surface area contributed by atoms with Crippen molar-refractivity contribution in [2.24, 2.45) is 0 Å². The molecule has 0 bridgehead atoms. The number of carbonyl (C=O) groups is 1. The molecular weight excluding hydrogens is 388 g/mol. The van der Waals surface area contributed by atoms with Crippen LogP contribution in [-0.2, 0) is 24.2 Å². The largest absolute Gasteiger partial charge is 0.283 e. The highest BCUT2D eigenvalue weighted by Gasteiger charge is 2.21. The van der Waals surface area contributed by atoms with E-state index >= 15 is 0 Å². The minimum atomic E-state index is 0.0662. The lowest BCUT2D eigenvalue weighted by molar-refractivity contribution is -0.118. The van der Waals surface area contributed by atoms with Crippen LogP contribution in [0.2, 0.25) is 0 Å². The molecule has 0 saturated carbocycles. The number of benzene rings is 3. The van der Waals surface area contributed by atoms with Crippen molar-refractivity contribution in [3.05, 3.63) is 94.5 Å². The zero-order valence-electron chi connectivity index (χ0n) is 17.7. The number of aromatic nitrogens is 1. The summed E-state index contributed by atoms with van der Waals surface area (Å²) >= 11 is 1.59. The van der Waals surface area contributed by atoms with Crippen LogP contribution in [0.15, 0.2) is 66.7 Å². The van der Waals surface area contributed by atoms with Crippen molar-refractivity contribution in [2.75, 3.05) is 4.90 Å². The fourth-order valence-electron chi connectivity index (χ4n) is 3.52. The minimum absolute atomic E-state index is 0.0662. The van der Waals surface area contributed by atoms with Gasteiger partial charge in [0.15, 0.2) is 5.13 Å². The molecule has 0 atom stereocenters. The van der Waals surface area contributed by atoms with Gasteiger partial charge in [-0.1, -0.05) is 78.9 Å². The lowest BCUT2D eigenvalue weighted by Gasteiger charge is -2.20. The molecule has 0 fully saturated rings. The maximum absolute atomic E-state index is 13.4. The van der Waals surface area contributed by atoms with Gasteiger partial charge in [0.05, 0.1) is 23.2 Å². The normalized spacial score (nSPS) is 11.0. The van der Waals surface area contributed by atoms with Gasteiger partial charge in [0, 0.05) is 0 Å². The summed E-state index contributed by atoms with van der Waals surface area (Å²) in [5, 5.41) is 0.762. The summed E-state index contributed by atoms with van der Waals surface area (Å²) in [6, 6.07) is 22.7. The Kier molecular flexibility index (Phi) is 5.96. The average molecular weight is 415 g/mol. The highest BCUT2D eigenvalue weighted by Crippen LogP contribution is 2.33. The molecule has 152 valence electrons. The van der Waals surface area contributed by atoms with E-state index in [1.807, 2.05) is 23.1 Å². The number of amides is 1. The zero-order valence-corrected chi connectivity index (χ0v) is 18.5. The summed E-state index contributed by atoms with van der Waals surface area (Å²) in [6.45, 7) is 6.85. The second kappa shape index (κ2) is 8.80. The topological polar surface area (TPSA) is 33.2 Å². The van der Waals surface area contributed by atoms with Gasteiger partial charge in [0.2, 0.25) is 5.91 Å². The third-order valence-electron chi connectivity index (χ3n) is 5.58. The fourth-order valence-corrected chi connectivity index (χ4v) is 4.56. The molecule has 3 nitrogen and oxygen atoms in total. The van der Waals surface area contributed by atoms with Crippen LogP contribution < -0.4 is 4.90 Å². The molecular formula is C26H26N2OS. The van der Waals surface area contributed by atoms with Crippen molar-refractivity contribution in [1.29, 1.82) is 0 Å². The number of nitrogens with zero attached hydrogens (tertiary/aromatic N) is 2. The van der Waals surface area contributed by atoms with Crippen LogP contribution in [0.4, 0.5) is 5.13 Å². The van der Waals surface area contributed by atoms with E-state index in [1.54, 1.807) is 11.3 Å². The molecule has 1 amide bonds. The summed E-state index contributed by atoms with van der Waals surface area (Å²) in [5.41, 5.74) is 6.80. The van der Waals surface area contributed by atoms with E-state index < -0.39 is 0 Å². The summed E-state index contributed by atoms with van der Waals surface area (Å²) in [6.07, 6.45) is 1.36. The molecule has 3 aromatic carbocycles. The molecule has 1 aromatic heterocycles. The van der Waals surface area contributed by atoms with E-state index in [2.05, 4.69) is 69.3 Å². The third kappa shape index (κ3) is 4.29. The third-order valence-corrected chi connectivity index (χ3v) is 6.62. The standard InChI is InChI=1S/C26H26N2OS/c1-4-20-11-13-21(14-12-20)16-24(29)28(17-22-8-6-5-7-9-22)26-27-25-19(3)18(2)10-15-23(25)30-26/h5-15H,4,16-17H2,1-3H3. The van der Waals surface area contributed by atoms with E-state index in [4.69, 9.17) is 4.98 Å². The van der Waals surface area contributed by atoms with Crippen LogP contribution in [0, 0.1) is 13.8 Å². The van der Waals surface area contributed by atoms with E-state index in [0.29, 0.717) is 13.0 Å². The fraction of sp³-hybridized carbons (Fsp3) is 0.231. The molecule has 0 aliphatic heterocycles. The molecule has 0 aliphatic carbocycles. The van der Waals surface area contributed by atoms with Crippen molar-refractivity contribution in [3.63, 3.8) is 0 Å². The van der Waals surface area contributed by atoms with Crippen molar-refractivity contribution in [3.8, 4) is 0 Å². The second-order valence-electron chi connectivity index (χ2n) is 7.66. The first-order valence-corrected chi connectivity index (χ1v) is 11.2. The molecule has 30 heavy (non-hydrogen) atoms. The second-order valence-corrected chi connectivity index (χ2v) is 8.67. The summed E-state index contributed by atoms with van der Waals surface area (Å²) in [5.74, 6) is 0.0662. The maximum atomic E-state index is 13.4. The van der Waals surface area contributed by atoms with E-state index in [-0.39, 0.29) is 5.91 Å². The van der Waals surface area contributed by atoms with Crippen LogP contribution >= 0.6 is 11.3 Å². The molecule has 0 unspecified atom stereocenters. The van der Waals surface area contributed by atoms with Gasteiger partial charge in [-0.3, -0.25) is 9.69 Å². The van der Waals surface area contributed by atoms with Crippen LogP contribution in [-0.4, -0.2) is 10.9 Å². The number of anilines is 1. The molecule has 0 N–H and O–H groups in total. The van der Waals surface area contributed by atoms with Crippen molar-refractivity contribution in [1.82, 2.24) is 4.98 Å². The van der Waals surface area contributed by atoms with Crippen molar-refractivity contribution in [2.45, 2.75) is 40.2 Å². The van der Waals surface area contributed by atoms with E-state index in [1.165, 1.54) is 16.7 Å². The zero-order chi connectivity index (χ0) is 21.1. The number of rotatable bonds is 6. The molecule has 0 spiro atoms.